The average molecular weight is 218 g/mol. The summed E-state index contributed by atoms with van der Waals surface area (Å²) in [6.07, 6.45) is 2.16. The summed E-state index contributed by atoms with van der Waals surface area (Å²) in [6.45, 7) is 0. The first-order valence-electron chi connectivity index (χ1n) is 5.03. The first-order valence-corrected chi connectivity index (χ1v) is 5.03. The summed E-state index contributed by atoms with van der Waals surface area (Å²) in [5.41, 5.74) is 7.10. The van der Waals surface area contributed by atoms with E-state index in [1.807, 2.05) is 24.3 Å². The molecule has 1 heterocycles. The van der Waals surface area contributed by atoms with Gasteiger partial charge < -0.3 is 10.5 Å². The number of methoxy groups -OCH3 is 1. The lowest BCUT2D eigenvalue weighted by Gasteiger charge is -2.09. The molecule has 0 aliphatic carbocycles. The van der Waals surface area contributed by atoms with E-state index >= 15 is 0 Å². The molecule has 5 nitrogen and oxygen atoms in total. The van der Waals surface area contributed by atoms with Crippen molar-refractivity contribution in [3.8, 4) is 5.75 Å². The summed E-state index contributed by atoms with van der Waals surface area (Å²) in [7, 11) is 1.65. The third-order valence-electron chi connectivity index (χ3n) is 2.37. The van der Waals surface area contributed by atoms with Crippen LogP contribution in [0.5, 0.6) is 5.75 Å². The molecule has 84 valence electrons. The van der Waals surface area contributed by atoms with Gasteiger partial charge in [0.05, 0.1) is 13.2 Å². The zero-order valence-electron chi connectivity index (χ0n) is 9.05. The molecule has 0 radical (unpaired) electrons. The first-order chi connectivity index (χ1) is 7.79. The Morgan fingerprint density at radius 1 is 1.50 bits per heavy atom. The van der Waals surface area contributed by atoms with Gasteiger partial charge in [-0.05, 0) is 24.1 Å². The van der Waals surface area contributed by atoms with Crippen molar-refractivity contribution in [1.29, 1.82) is 0 Å². The van der Waals surface area contributed by atoms with Gasteiger partial charge in [-0.1, -0.05) is 12.1 Å². The molecule has 0 spiro atoms. The second kappa shape index (κ2) is 4.76. The van der Waals surface area contributed by atoms with E-state index in [-0.39, 0.29) is 6.04 Å². The zero-order valence-corrected chi connectivity index (χ0v) is 9.05. The summed E-state index contributed by atoms with van der Waals surface area (Å²) in [5.74, 6) is 1.53. The number of nitrogens with two attached hydrogens (primary N) is 1. The first kappa shape index (κ1) is 10.6. The van der Waals surface area contributed by atoms with E-state index in [9.17, 15) is 0 Å². The Bertz CT molecular complexity index is 441. The van der Waals surface area contributed by atoms with Crippen LogP contribution in [0.1, 0.15) is 17.4 Å². The van der Waals surface area contributed by atoms with Gasteiger partial charge in [0.15, 0.2) is 0 Å². The van der Waals surface area contributed by atoms with Crippen LogP contribution in [0.2, 0.25) is 0 Å². The Labute approximate surface area is 93.7 Å². The molecule has 2 rings (SSSR count). The van der Waals surface area contributed by atoms with Gasteiger partial charge >= 0.3 is 0 Å². The number of H-pyrrole nitrogens is 1. The molecule has 1 atom stereocenters. The van der Waals surface area contributed by atoms with Gasteiger partial charge in [-0.15, -0.1) is 0 Å². The van der Waals surface area contributed by atoms with Crippen LogP contribution in [-0.4, -0.2) is 22.3 Å². The minimum atomic E-state index is -0.172. The summed E-state index contributed by atoms with van der Waals surface area (Å²) < 4.78 is 5.15. The molecule has 3 N–H and O–H groups in total. The average Bonchev–Trinajstić information content (AvgIpc) is 2.83. The molecule has 0 fully saturated rings. The van der Waals surface area contributed by atoms with Crippen LogP contribution in [0.3, 0.4) is 0 Å². The SMILES string of the molecule is COc1cccc(CC(N)c2ncn[nH]2)c1. The molecule has 1 unspecified atom stereocenters. The Morgan fingerprint density at radius 3 is 3.06 bits per heavy atom. The third-order valence-corrected chi connectivity index (χ3v) is 2.37. The number of nitrogens with zero attached hydrogens (tertiary/aromatic N) is 2. The highest BCUT2D eigenvalue weighted by molar-refractivity contribution is 5.29. The third kappa shape index (κ3) is 2.38. The smallest absolute Gasteiger partial charge is 0.141 e. The maximum Gasteiger partial charge on any atom is 0.141 e. The maximum absolute atomic E-state index is 5.99. The van der Waals surface area contributed by atoms with E-state index in [1.165, 1.54) is 6.33 Å². The van der Waals surface area contributed by atoms with Crippen LogP contribution < -0.4 is 10.5 Å². The van der Waals surface area contributed by atoms with Crippen molar-refractivity contribution >= 4 is 0 Å². The molecule has 1 aromatic heterocycles. The van der Waals surface area contributed by atoms with E-state index in [0.29, 0.717) is 12.2 Å². The number of rotatable bonds is 4. The van der Waals surface area contributed by atoms with Gasteiger partial charge in [-0.2, -0.15) is 5.10 Å². The lowest BCUT2D eigenvalue weighted by Crippen LogP contribution is -2.15. The van der Waals surface area contributed by atoms with Gasteiger partial charge in [0.1, 0.15) is 17.9 Å². The van der Waals surface area contributed by atoms with Gasteiger partial charge in [0.2, 0.25) is 0 Å². The van der Waals surface area contributed by atoms with Crippen molar-refractivity contribution in [2.75, 3.05) is 7.11 Å². The molecule has 16 heavy (non-hydrogen) atoms. The lowest BCUT2D eigenvalue weighted by atomic mass is 10.1. The molecule has 0 aliphatic rings. The van der Waals surface area contributed by atoms with Crippen LogP contribution in [-0.2, 0) is 6.42 Å². The molecule has 1 aromatic carbocycles. The molecule has 0 aliphatic heterocycles. The minimum absolute atomic E-state index is 0.172. The quantitative estimate of drug-likeness (QED) is 0.804. The second-order valence-corrected chi connectivity index (χ2v) is 3.53. The minimum Gasteiger partial charge on any atom is -0.497 e. The van der Waals surface area contributed by atoms with Crippen molar-refractivity contribution in [3.05, 3.63) is 42.0 Å². The molecule has 2 aromatic rings. The fraction of sp³-hybridized carbons (Fsp3) is 0.273. The summed E-state index contributed by atoms with van der Waals surface area (Å²) in [5, 5.41) is 6.55. The highest BCUT2D eigenvalue weighted by atomic mass is 16.5. The number of nitrogens with one attached hydrogen (secondary N) is 1. The Balaban J connectivity index is 2.08. The predicted molar refractivity (Wildman–Crippen MR) is 60.0 cm³/mol. The maximum atomic E-state index is 5.99. The molecule has 0 amide bonds. The fourth-order valence-corrected chi connectivity index (χ4v) is 1.54. The molecule has 5 heteroatoms. The Hall–Kier alpha value is -1.88. The Kier molecular flexibility index (Phi) is 3.16. The topological polar surface area (TPSA) is 76.8 Å². The molecular formula is C11H14N4O. The standard InChI is InChI=1S/C11H14N4O/c1-16-9-4-2-3-8(5-9)6-10(12)11-13-7-14-15-11/h2-5,7,10H,6,12H2,1H3,(H,13,14,15). The van der Waals surface area contributed by atoms with Crippen LogP contribution in [0, 0.1) is 0 Å². The highest BCUT2D eigenvalue weighted by Crippen LogP contribution is 2.17. The monoisotopic (exact) mass is 218 g/mol. The molecular weight excluding hydrogens is 204 g/mol. The number of hydrogen-bond acceptors (Lipinski definition) is 4. The molecule has 0 bridgehead atoms. The van der Waals surface area contributed by atoms with E-state index < -0.39 is 0 Å². The van der Waals surface area contributed by atoms with E-state index in [1.54, 1.807) is 7.11 Å². The largest absolute Gasteiger partial charge is 0.497 e. The van der Waals surface area contributed by atoms with Crippen molar-refractivity contribution < 1.29 is 4.74 Å². The number of ether oxygens (including phenoxy) is 1. The van der Waals surface area contributed by atoms with Crippen molar-refractivity contribution in [2.24, 2.45) is 5.73 Å². The van der Waals surface area contributed by atoms with E-state index in [0.717, 1.165) is 11.3 Å². The van der Waals surface area contributed by atoms with Crippen molar-refractivity contribution in [3.63, 3.8) is 0 Å². The normalized spacial score (nSPS) is 12.4. The van der Waals surface area contributed by atoms with Crippen LogP contribution >= 0.6 is 0 Å². The van der Waals surface area contributed by atoms with E-state index in [2.05, 4.69) is 15.2 Å². The van der Waals surface area contributed by atoms with Crippen molar-refractivity contribution in [1.82, 2.24) is 15.2 Å². The number of benzene rings is 1. The number of hydrogen-bond donors (Lipinski definition) is 2. The fourth-order valence-electron chi connectivity index (χ4n) is 1.54. The van der Waals surface area contributed by atoms with Gasteiger partial charge in [0, 0.05) is 0 Å². The molecule has 0 saturated carbocycles. The highest BCUT2D eigenvalue weighted by Gasteiger charge is 2.09. The number of aromatic amines is 1. The van der Waals surface area contributed by atoms with E-state index in [4.69, 9.17) is 10.5 Å². The Morgan fingerprint density at radius 2 is 2.38 bits per heavy atom. The zero-order chi connectivity index (χ0) is 11.4. The van der Waals surface area contributed by atoms with Crippen molar-refractivity contribution in [2.45, 2.75) is 12.5 Å². The number of aromatic nitrogens is 3. The van der Waals surface area contributed by atoms with Gasteiger partial charge in [-0.25, -0.2) is 4.98 Å². The summed E-state index contributed by atoms with van der Waals surface area (Å²) in [6, 6.07) is 7.66. The predicted octanol–water partition coefficient (Wildman–Crippen LogP) is 1.06. The van der Waals surface area contributed by atoms with Crippen LogP contribution in [0.4, 0.5) is 0 Å². The lowest BCUT2D eigenvalue weighted by molar-refractivity contribution is 0.414. The van der Waals surface area contributed by atoms with Gasteiger partial charge in [-0.3, -0.25) is 5.10 Å². The summed E-state index contributed by atoms with van der Waals surface area (Å²) in [4.78, 5) is 4.03. The summed E-state index contributed by atoms with van der Waals surface area (Å²) >= 11 is 0. The van der Waals surface area contributed by atoms with Gasteiger partial charge in [0.25, 0.3) is 0 Å². The second-order valence-electron chi connectivity index (χ2n) is 3.53. The van der Waals surface area contributed by atoms with Crippen LogP contribution in [0.25, 0.3) is 0 Å². The van der Waals surface area contributed by atoms with Crippen LogP contribution in [0.15, 0.2) is 30.6 Å². The molecule has 0 saturated heterocycles.